The van der Waals surface area contributed by atoms with Crippen molar-refractivity contribution in [1.29, 1.82) is 0 Å². The first-order valence-electron chi connectivity index (χ1n) is 7.33. The van der Waals surface area contributed by atoms with Crippen LogP contribution in [0.2, 0.25) is 5.02 Å². The molecule has 1 N–H and O–H groups in total. The van der Waals surface area contributed by atoms with Crippen LogP contribution >= 0.6 is 11.6 Å². The molecule has 4 nitrogen and oxygen atoms in total. The normalized spacial score (nSPS) is 22.6. The summed E-state index contributed by atoms with van der Waals surface area (Å²) in [6.45, 7) is 5.97. The number of carbonyl (C=O) groups is 2. The number of nitrogens with zero attached hydrogens (tertiary/aromatic N) is 1. The highest BCUT2D eigenvalue weighted by Crippen LogP contribution is 2.27. The summed E-state index contributed by atoms with van der Waals surface area (Å²) < 4.78 is 0. The smallest absolute Gasteiger partial charge is 0.250 e. The van der Waals surface area contributed by atoms with Gasteiger partial charge in [0.25, 0.3) is 0 Å². The Hall–Kier alpha value is -1.55. The predicted molar refractivity (Wildman–Crippen MR) is 84.4 cm³/mol. The molecule has 1 heterocycles. The Balaban J connectivity index is 2.37. The van der Waals surface area contributed by atoms with Crippen molar-refractivity contribution in [3.8, 4) is 0 Å². The Morgan fingerprint density at radius 3 is 2.62 bits per heavy atom. The van der Waals surface area contributed by atoms with Crippen LogP contribution in [0.3, 0.4) is 0 Å². The molecular weight excluding hydrogens is 288 g/mol. The molecule has 21 heavy (non-hydrogen) atoms. The number of rotatable bonds is 4. The summed E-state index contributed by atoms with van der Waals surface area (Å²) in [5, 5.41) is 3.41. The lowest BCUT2D eigenvalue weighted by Gasteiger charge is -2.39. The lowest BCUT2D eigenvalue weighted by atomic mass is 9.97. The maximum Gasteiger partial charge on any atom is 0.250 e. The van der Waals surface area contributed by atoms with Crippen LogP contribution in [-0.4, -0.2) is 23.9 Å². The van der Waals surface area contributed by atoms with Crippen LogP contribution in [0.4, 0.5) is 5.69 Å². The third-order valence-corrected chi connectivity index (χ3v) is 3.88. The van der Waals surface area contributed by atoms with Gasteiger partial charge in [-0.25, -0.2) is 0 Å². The Bertz CT molecular complexity index is 545. The van der Waals surface area contributed by atoms with Gasteiger partial charge < -0.3 is 5.32 Å². The minimum atomic E-state index is -0.473. The molecule has 1 saturated heterocycles. The van der Waals surface area contributed by atoms with Crippen molar-refractivity contribution in [2.24, 2.45) is 5.92 Å². The molecule has 5 heteroatoms. The topological polar surface area (TPSA) is 49.4 Å². The molecule has 2 amide bonds. The SMILES string of the molecule is CCC1C(=O)NC(CC(C)C)C(=O)N1c1cccc(Cl)c1. The van der Waals surface area contributed by atoms with Crippen molar-refractivity contribution in [3.63, 3.8) is 0 Å². The van der Waals surface area contributed by atoms with Gasteiger partial charge in [0, 0.05) is 10.7 Å². The van der Waals surface area contributed by atoms with E-state index in [-0.39, 0.29) is 11.8 Å². The molecule has 1 aliphatic rings. The summed E-state index contributed by atoms with van der Waals surface area (Å²) >= 11 is 6.02. The fourth-order valence-electron chi connectivity index (χ4n) is 2.70. The second kappa shape index (κ2) is 6.48. The van der Waals surface area contributed by atoms with Crippen molar-refractivity contribution in [2.45, 2.75) is 45.7 Å². The van der Waals surface area contributed by atoms with E-state index in [4.69, 9.17) is 11.6 Å². The van der Waals surface area contributed by atoms with Crippen LogP contribution in [0.25, 0.3) is 0 Å². The summed E-state index contributed by atoms with van der Waals surface area (Å²) in [5.74, 6) is 0.179. The van der Waals surface area contributed by atoms with E-state index in [1.54, 1.807) is 23.1 Å². The molecule has 0 saturated carbocycles. The number of nitrogens with one attached hydrogen (secondary N) is 1. The van der Waals surface area contributed by atoms with E-state index in [9.17, 15) is 9.59 Å². The highest BCUT2D eigenvalue weighted by atomic mass is 35.5. The number of hydrogen-bond donors (Lipinski definition) is 1. The summed E-state index contributed by atoms with van der Waals surface area (Å²) in [6, 6.07) is 6.16. The maximum absolute atomic E-state index is 12.8. The third-order valence-electron chi connectivity index (χ3n) is 3.65. The molecule has 0 aliphatic carbocycles. The van der Waals surface area contributed by atoms with E-state index in [2.05, 4.69) is 5.32 Å². The summed E-state index contributed by atoms with van der Waals surface area (Å²) in [6.07, 6.45) is 1.20. The quantitative estimate of drug-likeness (QED) is 0.929. The van der Waals surface area contributed by atoms with Crippen LogP contribution in [0, 0.1) is 5.92 Å². The predicted octanol–water partition coefficient (Wildman–Crippen LogP) is 3.00. The van der Waals surface area contributed by atoms with Crippen LogP contribution < -0.4 is 10.2 Å². The number of piperazine rings is 1. The Morgan fingerprint density at radius 2 is 2.05 bits per heavy atom. The highest BCUT2D eigenvalue weighted by molar-refractivity contribution is 6.31. The van der Waals surface area contributed by atoms with E-state index in [0.29, 0.717) is 29.5 Å². The van der Waals surface area contributed by atoms with Gasteiger partial charge in [-0.2, -0.15) is 0 Å². The van der Waals surface area contributed by atoms with E-state index >= 15 is 0 Å². The lowest BCUT2D eigenvalue weighted by molar-refractivity contribution is -0.134. The lowest BCUT2D eigenvalue weighted by Crippen LogP contribution is -2.63. The van der Waals surface area contributed by atoms with Gasteiger partial charge in [0.2, 0.25) is 11.8 Å². The number of anilines is 1. The molecule has 0 bridgehead atoms. The first-order chi connectivity index (χ1) is 9.93. The Morgan fingerprint density at radius 1 is 1.33 bits per heavy atom. The second-order valence-electron chi connectivity index (χ2n) is 5.80. The Kier molecular flexibility index (Phi) is 4.88. The Labute approximate surface area is 130 Å². The van der Waals surface area contributed by atoms with Gasteiger partial charge >= 0.3 is 0 Å². The molecule has 1 aromatic carbocycles. The van der Waals surface area contributed by atoms with Crippen LogP contribution in [0.5, 0.6) is 0 Å². The third kappa shape index (κ3) is 3.38. The molecule has 0 radical (unpaired) electrons. The van der Waals surface area contributed by atoms with Gasteiger partial charge in [-0.1, -0.05) is 38.4 Å². The van der Waals surface area contributed by atoms with Crippen LogP contribution in [0.15, 0.2) is 24.3 Å². The van der Waals surface area contributed by atoms with Gasteiger partial charge in [-0.3, -0.25) is 14.5 Å². The molecular formula is C16H21ClN2O2. The molecule has 1 fully saturated rings. The van der Waals surface area contributed by atoms with Gasteiger partial charge in [0.1, 0.15) is 12.1 Å². The van der Waals surface area contributed by atoms with Crippen molar-refractivity contribution in [1.82, 2.24) is 5.32 Å². The molecule has 2 unspecified atom stereocenters. The monoisotopic (exact) mass is 308 g/mol. The molecule has 1 aliphatic heterocycles. The van der Waals surface area contributed by atoms with Gasteiger partial charge in [-0.15, -0.1) is 0 Å². The number of carbonyl (C=O) groups excluding carboxylic acids is 2. The van der Waals surface area contributed by atoms with Gasteiger partial charge in [0.05, 0.1) is 0 Å². The zero-order chi connectivity index (χ0) is 15.6. The average Bonchev–Trinajstić information content (AvgIpc) is 2.41. The molecule has 114 valence electrons. The molecule has 2 rings (SSSR count). The first-order valence-corrected chi connectivity index (χ1v) is 7.70. The second-order valence-corrected chi connectivity index (χ2v) is 6.24. The van der Waals surface area contributed by atoms with Crippen molar-refractivity contribution in [2.75, 3.05) is 4.90 Å². The number of hydrogen-bond acceptors (Lipinski definition) is 2. The fraction of sp³-hybridized carbons (Fsp3) is 0.500. The van der Waals surface area contributed by atoms with E-state index in [1.807, 2.05) is 26.8 Å². The fourth-order valence-corrected chi connectivity index (χ4v) is 2.89. The van der Waals surface area contributed by atoms with Crippen LogP contribution in [-0.2, 0) is 9.59 Å². The number of amides is 2. The van der Waals surface area contributed by atoms with Crippen molar-refractivity contribution >= 4 is 29.1 Å². The molecule has 0 spiro atoms. The number of benzene rings is 1. The van der Waals surface area contributed by atoms with E-state index in [1.165, 1.54) is 0 Å². The molecule has 0 aromatic heterocycles. The van der Waals surface area contributed by atoms with Crippen molar-refractivity contribution < 1.29 is 9.59 Å². The molecule has 2 atom stereocenters. The maximum atomic E-state index is 12.8. The summed E-state index contributed by atoms with van der Waals surface area (Å²) in [5.41, 5.74) is 0.683. The van der Waals surface area contributed by atoms with E-state index in [0.717, 1.165) is 0 Å². The van der Waals surface area contributed by atoms with E-state index < -0.39 is 12.1 Å². The highest BCUT2D eigenvalue weighted by Gasteiger charge is 2.40. The summed E-state index contributed by atoms with van der Waals surface area (Å²) in [7, 11) is 0. The largest absolute Gasteiger partial charge is 0.342 e. The minimum Gasteiger partial charge on any atom is -0.342 e. The standard InChI is InChI=1S/C16H21ClN2O2/c1-4-14-15(20)18-13(8-10(2)3)16(21)19(14)12-7-5-6-11(17)9-12/h5-7,9-10,13-14H,4,8H2,1-3H3,(H,18,20). The zero-order valence-corrected chi connectivity index (χ0v) is 13.4. The van der Waals surface area contributed by atoms with Gasteiger partial charge in [0.15, 0.2) is 0 Å². The van der Waals surface area contributed by atoms with Gasteiger partial charge in [-0.05, 0) is 37.0 Å². The first kappa shape index (κ1) is 15.8. The van der Waals surface area contributed by atoms with Crippen molar-refractivity contribution in [3.05, 3.63) is 29.3 Å². The van der Waals surface area contributed by atoms with Crippen LogP contribution in [0.1, 0.15) is 33.6 Å². The average molecular weight is 309 g/mol. The minimum absolute atomic E-state index is 0.0579. The summed E-state index contributed by atoms with van der Waals surface area (Å²) in [4.78, 5) is 26.6. The zero-order valence-electron chi connectivity index (χ0n) is 12.6. The molecule has 1 aromatic rings. The number of halogens is 1.